The molecule has 8 heteroatoms. The number of hydrogen-bond acceptors (Lipinski definition) is 6. The molecule has 0 bridgehead atoms. The molecule has 0 aliphatic rings. The normalized spacial score (nSPS) is 12.1. The van der Waals surface area contributed by atoms with Gasteiger partial charge >= 0.3 is 0 Å². The van der Waals surface area contributed by atoms with Crippen LogP contribution < -0.4 is 9.80 Å². The third-order valence-electron chi connectivity index (χ3n) is 14.7. The summed E-state index contributed by atoms with van der Waals surface area (Å²) in [6.07, 6.45) is 8.62. The molecule has 5 heterocycles. The molecule has 5 aromatic heterocycles. The van der Waals surface area contributed by atoms with E-state index >= 15 is 0 Å². The lowest BCUT2D eigenvalue weighted by molar-refractivity contribution is 0.668. The van der Waals surface area contributed by atoms with Crippen LogP contribution in [-0.4, -0.2) is 19.3 Å². The number of hydrogen-bond donors (Lipinski definition) is 0. The van der Waals surface area contributed by atoms with Gasteiger partial charge in [0.15, 0.2) is 22.8 Å². The second kappa shape index (κ2) is 17.7. The van der Waals surface area contributed by atoms with E-state index in [1.165, 1.54) is 0 Å². The maximum Gasteiger partial charge on any atom is 0.160 e. The summed E-state index contributed by atoms with van der Waals surface area (Å²) in [6, 6.07) is 84.4. The molecule has 0 fully saturated rings. The number of aromatic nitrogens is 4. The summed E-state index contributed by atoms with van der Waals surface area (Å²) >= 11 is 0. The molecular weight excluding hydrogens is 933 g/mol. The molecule has 0 saturated heterocycles. The van der Waals surface area contributed by atoms with Gasteiger partial charge in [0, 0.05) is 66.9 Å². The number of benzene rings is 10. The van der Waals surface area contributed by atoms with Crippen molar-refractivity contribution in [3.05, 3.63) is 266 Å². The van der Waals surface area contributed by atoms with Crippen molar-refractivity contribution in [1.82, 2.24) is 19.3 Å². The minimum Gasteiger partial charge on any atom is -0.454 e. The van der Waals surface area contributed by atoms with Crippen molar-refractivity contribution in [2.24, 2.45) is 0 Å². The van der Waals surface area contributed by atoms with Gasteiger partial charge in [-0.3, -0.25) is 9.13 Å². The summed E-state index contributed by atoms with van der Waals surface area (Å²) in [5.74, 6) is 1.48. The van der Waals surface area contributed by atoms with Crippen molar-refractivity contribution >= 4 is 122 Å². The molecule has 10 aromatic carbocycles. The Morgan fingerprint density at radius 1 is 0.316 bits per heavy atom. The van der Waals surface area contributed by atoms with Crippen LogP contribution in [-0.2, 0) is 0 Å². The van der Waals surface area contributed by atoms with Gasteiger partial charge in [-0.2, -0.15) is 0 Å². The number of rotatable bonds is 10. The van der Waals surface area contributed by atoms with E-state index in [2.05, 4.69) is 250 Å². The van der Waals surface area contributed by atoms with E-state index in [1.54, 1.807) is 0 Å². The summed E-state index contributed by atoms with van der Waals surface area (Å²) in [5.41, 5.74) is 13.8. The molecule has 0 spiro atoms. The number of anilines is 4. The highest BCUT2D eigenvalue weighted by Gasteiger charge is 2.20. The van der Waals surface area contributed by atoms with Crippen molar-refractivity contribution in [3.8, 4) is 11.6 Å². The average Bonchev–Trinajstić information content (AvgIpc) is 4.29. The van der Waals surface area contributed by atoms with E-state index in [1.807, 2.05) is 36.4 Å². The fourth-order valence-corrected chi connectivity index (χ4v) is 11.2. The zero-order valence-corrected chi connectivity index (χ0v) is 40.9. The SMILES string of the molecule is C(=CN(c1ccccc1)c1cccc2c1oc1ccccc12)c1ccc2c(c1)c1ccccc1n2-c1ccc(-n2c3ccccc3c3cc(/C=C/N(c4ccccc4)c4cccc5c4oc4ccccc45)ccc32)nn1. The Hall–Kier alpha value is -10.4. The molecule has 0 amide bonds. The monoisotopic (exact) mass is 976 g/mol. The van der Waals surface area contributed by atoms with E-state index in [4.69, 9.17) is 19.0 Å². The molecule has 15 rings (SSSR count). The van der Waals surface area contributed by atoms with Crippen molar-refractivity contribution in [1.29, 1.82) is 0 Å². The highest BCUT2D eigenvalue weighted by atomic mass is 16.3. The van der Waals surface area contributed by atoms with Gasteiger partial charge in [-0.25, -0.2) is 0 Å². The first-order valence-electron chi connectivity index (χ1n) is 25.5. The maximum atomic E-state index is 6.52. The van der Waals surface area contributed by atoms with Gasteiger partial charge < -0.3 is 18.6 Å². The largest absolute Gasteiger partial charge is 0.454 e. The molecular formula is C68H44N6O2. The molecule has 15 aromatic rings. The van der Waals surface area contributed by atoms with Crippen molar-refractivity contribution in [2.45, 2.75) is 0 Å². The number of fused-ring (bicyclic) bond motifs is 12. The van der Waals surface area contributed by atoms with E-state index in [0.717, 1.165) is 133 Å². The summed E-state index contributed by atoms with van der Waals surface area (Å²) in [5, 5.41) is 18.9. The minimum atomic E-state index is 0.738. The molecule has 358 valence electrons. The van der Waals surface area contributed by atoms with Gasteiger partial charge in [-0.1, -0.05) is 146 Å². The topological polar surface area (TPSA) is 68.4 Å². The fourth-order valence-electron chi connectivity index (χ4n) is 11.2. The Kier molecular flexibility index (Phi) is 10.0. The Morgan fingerprint density at radius 3 is 1.14 bits per heavy atom. The molecule has 0 aliphatic carbocycles. The van der Waals surface area contributed by atoms with E-state index in [0.29, 0.717) is 0 Å². The highest BCUT2D eigenvalue weighted by molar-refractivity contribution is 6.13. The summed E-state index contributed by atoms with van der Waals surface area (Å²) in [7, 11) is 0. The molecule has 8 nitrogen and oxygen atoms in total. The van der Waals surface area contributed by atoms with Crippen LogP contribution in [0.5, 0.6) is 0 Å². The minimum absolute atomic E-state index is 0.738. The Morgan fingerprint density at radius 2 is 0.697 bits per heavy atom. The van der Waals surface area contributed by atoms with Crippen LogP contribution in [0.25, 0.3) is 111 Å². The first kappa shape index (κ1) is 43.2. The van der Waals surface area contributed by atoms with Crippen LogP contribution in [0.1, 0.15) is 11.1 Å². The Labute approximate surface area is 436 Å². The van der Waals surface area contributed by atoms with Crippen LogP contribution in [0, 0.1) is 0 Å². The maximum absolute atomic E-state index is 6.52. The molecule has 0 unspecified atom stereocenters. The van der Waals surface area contributed by atoms with Crippen LogP contribution in [0.15, 0.2) is 264 Å². The third kappa shape index (κ3) is 7.07. The zero-order chi connectivity index (χ0) is 50.1. The van der Waals surface area contributed by atoms with Crippen LogP contribution in [0.2, 0.25) is 0 Å². The first-order chi connectivity index (χ1) is 37.7. The van der Waals surface area contributed by atoms with Gasteiger partial charge in [0.1, 0.15) is 11.2 Å². The summed E-state index contributed by atoms with van der Waals surface area (Å²) in [6.45, 7) is 0. The fraction of sp³-hybridized carbons (Fsp3) is 0. The lowest BCUT2D eigenvalue weighted by atomic mass is 10.1. The Balaban J connectivity index is 0.775. The number of para-hydroxylation sites is 8. The number of furan rings is 2. The van der Waals surface area contributed by atoms with Crippen molar-refractivity contribution in [3.63, 3.8) is 0 Å². The van der Waals surface area contributed by atoms with Crippen LogP contribution >= 0.6 is 0 Å². The smallest absolute Gasteiger partial charge is 0.160 e. The lowest BCUT2D eigenvalue weighted by Gasteiger charge is -2.21. The molecule has 0 aliphatic heterocycles. The molecule has 76 heavy (non-hydrogen) atoms. The number of nitrogens with zero attached hydrogens (tertiary/aromatic N) is 6. The summed E-state index contributed by atoms with van der Waals surface area (Å²) < 4.78 is 17.5. The van der Waals surface area contributed by atoms with Crippen LogP contribution in [0.3, 0.4) is 0 Å². The van der Waals surface area contributed by atoms with Gasteiger partial charge in [0.05, 0.1) is 33.4 Å². The standard InChI is InChI=1S/C68H44N6O2/c1-3-17-47(18-4-1)71(61-29-15-25-53-51-23-9-13-31-63(51)75-67(53)61)41-39-45-33-35-59-55(43-45)49-21-7-11-27-57(49)73(59)65-37-38-66(70-69-65)74-58-28-12-8-22-50(58)56-44-46(34-36-60(56)74)40-42-72(48-19-5-2-6-20-48)62-30-16-26-54-52-24-10-14-32-64(52)76-68(54)62/h1-44H/b41-39+,42-40?. The second-order valence-electron chi connectivity index (χ2n) is 19.1. The van der Waals surface area contributed by atoms with Crippen LogP contribution in [0.4, 0.5) is 22.7 Å². The predicted molar refractivity (Wildman–Crippen MR) is 313 cm³/mol. The quantitative estimate of drug-likeness (QED) is 0.136. The van der Waals surface area contributed by atoms with Crippen molar-refractivity contribution < 1.29 is 8.83 Å². The van der Waals surface area contributed by atoms with E-state index < -0.39 is 0 Å². The Bertz CT molecular complexity index is 4470. The van der Waals surface area contributed by atoms with Gasteiger partial charge in [-0.05, 0) is 120 Å². The molecule has 0 atom stereocenters. The highest BCUT2D eigenvalue weighted by Crippen LogP contribution is 2.41. The van der Waals surface area contributed by atoms with Gasteiger partial charge in [0.25, 0.3) is 0 Å². The molecule has 0 saturated carbocycles. The first-order valence-corrected chi connectivity index (χ1v) is 25.5. The lowest BCUT2D eigenvalue weighted by Crippen LogP contribution is -2.08. The van der Waals surface area contributed by atoms with E-state index in [-0.39, 0.29) is 0 Å². The average molecular weight is 977 g/mol. The second-order valence-corrected chi connectivity index (χ2v) is 19.1. The van der Waals surface area contributed by atoms with Gasteiger partial charge in [-0.15, -0.1) is 10.2 Å². The van der Waals surface area contributed by atoms with Crippen molar-refractivity contribution in [2.75, 3.05) is 9.80 Å². The summed E-state index contributed by atoms with van der Waals surface area (Å²) in [4.78, 5) is 4.41. The molecule has 0 radical (unpaired) electrons. The van der Waals surface area contributed by atoms with E-state index in [9.17, 15) is 0 Å². The zero-order valence-electron chi connectivity index (χ0n) is 40.9. The predicted octanol–water partition coefficient (Wildman–Crippen LogP) is 18.1. The third-order valence-corrected chi connectivity index (χ3v) is 14.7. The van der Waals surface area contributed by atoms with Gasteiger partial charge in [0.2, 0.25) is 0 Å². The molecule has 0 N–H and O–H groups in total.